The van der Waals surface area contributed by atoms with Crippen molar-refractivity contribution in [3.8, 4) is 17.2 Å². The SMILES string of the molecule is COc1cc(/C=N\NC(=O)[C@@H](C)Sc2nnnn2-c2ccccc2)ccc1OS(=O)(=O)c1ccc(F)cc1. The molecule has 0 saturated carbocycles. The zero-order valence-electron chi connectivity index (χ0n) is 20.1. The number of para-hydroxylation sites is 1. The first-order chi connectivity index (χ1) is 18.3. The Balaban J connectivity index is 1.38. The minimum Gasteiger partial charge on any atom is -0.493 e. The highest BCUT2D eigenvalue weighted by molar-refractivity contribution is 8.00. The van der Waals surface area contributed by atoms with Crippen LogP contribution in [0.1, 0.15) is 12.5 Å². The van der Waals surface area contributed by atoms with Crippen molar-refractivity contribution in [2.75, 3.05) is 7.11 Å². The Morgan fingerprint density at radius 2 is 1.84 bits per heavy atom. The molecule has 14 heteroatoms. The predicted molar refractivity (Wildman–Crippen MR) is 137 cm³/mol. The quantitative estimate of drug-likeness (QED) is 0.135. The number of amides is 1. The van der Waals surface area contributed by atoms with Gasteiger partial charge in [0.25, 0.3) is 5.91 Å². The van der Waals surface area contributed by atoms with Gasteiger partial charge in [-0.15, -0.1) is 5.10 Å². The van der Waals surface area contributed by atoms with Crippen molar-refractivity contribution in [2.24, 2.45) is 5.10 Å². The zero-order valence-corrected chi connectivity index (χ0v) is 21.7. The van der Waals surface area contributed by atoms with Crippen molar-refractivity contribution in [1.82, 2.24) is 25.6 Å². The lowest BCUT2D eigenvalue weighted by atomic mass is 10.2. The first-order valence-electron chi connectivity index (χ1n) is 11.0. The van der Waals surface area contributed by atoms with Gasteiger partial charge < -0.3 is 8.92 Å². The highest BCUT2D eigenvalue weighted by atomic mass is 32.2. The van der Waals surface area contributed by atoms with Gasteiger partial charge in [0.1, 0.15) is 10.7 Å². The standard InChI is InChI=1S/C24H21FN6O5S2/c1-16(37-24-28-29-30-31(24)19-6-4-3-5-7-19)23(32)27-26-15-17-8-13-21(22(14-17)35-2)36-38(33,34)20-11-9-18(25)10-12-20/h3-16H,1-2H3,(H,27,32)/b26-15-/t16-/m1/s1. The summed E-state index contributed by atoms with van der Waals surface area (Å²) in [5.41, 5.74) is 3.72. The van der Waals surface area contributed by atoms with Crippen molar-refractivity contribution in [2.45, 2.75) is 22.2 Å². The van der Waals surface area contributed by atoms with Gasteiger partial charge in [-0.2, -0.15) is 18.2 Å². The number of nitrogens with zero attached hydrogens (tertiary/aromatic N) is 5. The molecule has 0 fully saturated rings. The number of nitrogens with one attached hydrogen (secondary N) is 1. The summed E-state index contributed by atoms with van der Waals surface area (Å²) in [7, 11) is -2.87. The molecule has 196 valence electrons. The second-order valence-electron chi connectivity index (χ2n) is 7.60. The molecule has 3 aromatic carbocycles. The number of hydrogen-bond donors (Lipinski definition) is 1. The zero-order chi connectivity index (χ0) is 27.1. The monoisotopic (exact) mass is 556 g/mol. The van der Waals surface area contributed by atoms with Crippen molar-refractivity contribution in [3.05, 3.63) is 84.2 Å². The van der Waals surface area contributed by atoms with E-state index in [1.54, 1.807) is 6.92 Å². The van der Waals surface area contributed by atoms with E-state index in [1.807, 2.05) is 30.3 Å². The molecule has 0 aliphatic rings. The average molecular weight is 557 g/mol. The number of tetrazole rings is 1. The van der Waals surface area contributed by atoms with Gasteiger partial charge in [-0.05, 0) is 77.5 Å². The second kappa shape index (κ2) is 11.8. The fourth-order valence-corrected chi connectivity index (χ4v) is 4.80. The summed E-state index contributed by atoms with van der Waals surface area (Å²) in [5.74, 6) is -0.911. The number of thioether (sulfide) groups is 1. The molecule has 4 aromatic rings. The summed E-state index contributed by atoms with van der Waals surface area (Å²) in [6.45, 7) is 1.69. The Labute approximate surface area is 221 Å². The molecule has 1 N–H and O–H groups in total. The van der Waals surface area contributed by atoms with Crippen LogP contribution in [0.3, 0.4) is 0 Å². The van der Waals surface area contributed by atoms with Crippen molar-refractivity contribution in [3.63, 3.8) is 0 Å². The molecule has 38 heavy (non-hydrogen) atoms. The van der Waals surface area contributed by atoms with Gasteiger partial charge in [0.05, 0.1) is 24.3 Å². The van der Waals surface area contributed by atoms with Crippen LogP contribution in [-0.4, -0.2) is 53.1 Å². The van der Waals surface area contributed by atoms with Crippen LogP contribution < -0.4 is 14.3 Å². The largest absolute Gasteiger partial charge is 0.493 e. The molecule has 0 aliphatic carbocycles. The molecule has 11 nitrogen and oxygen atoms in total. The van der Waals surface area contributed by atoms with E-state index in [0.717, 1.165) is 41.7 Å². The smallest absolute Gasteiger partial charge is 0.339 e. The van der Waals surface area contributed by atoms with E-state index in [9.17, 15) is 17.6 Å². The molecule has 4 rings (SSSR count). The van der Waals surface area contributed by atoms with E-state index in [-0.39, 0.29) is 22.3 Å². The van der Waals surface area contributed by atoms with Crippen molar-refractivity contribution < 1.29 is 26.5 Å². The highest BCUT2D eigenvalue weighted by Crippen LogP contribution is 2.30. The normalized spacial score (nSPS) is 12.3. The Bertz CT molecular complexity index is 1550. The third kappa shape index (κ3) is 6.52. The van der Waals surface area contributed by atoms with Crippen LogP contribution in [0.5, 0.6) is 11.5 Å². The van der Waals surface area contributed by atoms with Crippen LogP contribution in [-0.2, 0) is 14.9 Å². The molecule has 0 saturated heterocycles. The molecule has 1 aromatic heterocycles. The predicted octanol–water partition coefficient (Wildman–Crippen LogP) is 3.21. The first kappa shape index (κ1) is 26.8. The molecular weight excluding hydrogens is 535 g/mol. The van der Waals surface area contributed by atoms with E-state index in [4.69, 9.17) is 8.92 Å². The summed E-state index contributed by atoms with van der Waals surface area (Å²) in [5, 5.41) is 15.5. The number of hydrogen-bond acceptors (Lipinski definition) is 10. The maximum Gasteiger partial charge on any atom is 0.339 e. The molecule has 1 atom stereocenters. The lowest BCUT2D eigenvalue weighted by Gasteiger charge is -2.11. The molecule has 0 spiro atoms. The number of benzene rings is 3. The fraction of sp³-hybridized carbons (Fsp3) is 0.125. The minimum atomic E-state index is -4.21. The van der Waals surface area contributed by atoms with Crippen LogP contribution in [0, 0.1) is 5.82 Å². The molecule has 0 unspecified atom stereocenters. The van der Waals surface area contributed by atoms with E-state index in [1.165, 1.54) is 36.2 Å². The highest BCUT2D eigenvalue weighted by Gasteiger charge is 2.20. The number of rotatable bonds is 10. The van der Waals surface area contributed by atoms with E-state index in [2.05, 4.69) is 26.1 Å². The van der Waals surface area contributed by atoms with Gasteiger partial charge in [-0.3, -0.25) is 4.79 Å². The van der Waals surface area contributed by atoms with Crippen LogP contribution in [0.2, 0.25) is 0 Å². The first-order valence-corrected chi connectivity index (χ1v) is 13.3. The molecule has 0 bridgehead atoms. The maximum atomic E-state index is 13.1. The number of carbonyl (C=O) groups is 1. The van der Waals surface area contributed by atoms with E-state index >= 15 is 0 Å². The minimum absolute atomic E-state index is 0.0702. The number of hydrazone groups is 1. The summed E-state index contributed by atoms with van der Waals surface area (Å²) in [4.78, 5) is 12.3. The van der Waals surface area contributed by atoms with E-state index in [0.29, 0.717) is 10.7 Å². The molecular formula is C24H21FN6O5S2. The van der Waals surface area contributed by atoms with Gasteiger partial charge in [-0.25, -0.2) is 9.82 Å². The summed E-state index contributed by atoms with van der Waals surface area (Å²) < 4.78 is 50.1. The Morgan fingerprint density at radius 1 is 1.11 bits per heavy atom. The van der Waals surface area contributed by atoms with Crippen LogP contribution in [0.15, 0.2) is 87.9 Å². The molecule has 0 radical (unpaired) electrons. The second-order valence-corrected chi connectivity index (χ2v) is 10.5. The summed E-state index contributed by atoms with van der Waals surface area (Å²) in [6, 6.07) is 17.9. The van der Waals surface area contributed by atoms with Crippen LogP contribution in [0.25, 0.3) is 5.69 Å². The Morgan fingerprint density at radius 3 is 2.55 bits per heavy atom. The topological polar surface area (TPSA) is 138 Å². The lowest BCUT2D eigenvalue weighted by Crippen LogP contribution is -2.27. The van der Waals surface area contributed by atoms with Crippen molar-refractivity contribution in [1.29, 1.82) is 0 Å². The third-order valence-electron chi connectivity index (χ3n) is 4.97. The average Bonchev–Trinajstić information content (AvgIpc) is 3.38. The van der Waals surface area contributed by atoms with Crippen LogP contribution >= 0.6 is 11.8 Å². The Kier molecular flexibility index (Phi) is 8.33. The molecule has 1 heterocycles. The van der Waals surface area contributed by atoms with Gasteiger partial charge in [0, 0.05) is 0 Å². The number of aromatic nitrogens is 4. The summed E-state index contributed by atoms with van der Waals surface area (Å²) >= 11 is 1.16. The number of carbonyl (C=O) groups excluding carboxylic acids is 1. The van der Waals surface area contributed by atoms with E-state index < -0.39 is 21.2 Å². The number of halogens is 1. The molecule has 0 aliphatic heterocycles. The van der Waals surface area contributed by atoms with Gasteiger partial charge in [0.15, 0.2) is 11.5 Å². The molecule has 1 amide bonds. The fourth-order valence-electron chi connectivity index (χ4n) is 3.06. The van der Waals surface area contributed by atoms with Crippen LogP contribution in [0.4, 0.5) is 4.39 Å². The van der Waals surface area contributed by atoms with Gasteiger partial charge in [0.2, 0.25) is 5.16 Å². The number of methoxy groups -OCH3 is 1. The van der Waals surface area contributed by atoms with Gasteiger partial charge >= 0.3 is 10.1 Å². The maximum absolute atomic E-state index is 13.1. The Hall–Kier alpha value is -4.30. The third-order valence-corrected chi connectivity index (χ3v) is 7.25. The summed E-state index contributed by atoms with van der Waals surface area (Å²) in [6.07, 6.45) is 1.37. The van der Waals surface area contributed by atoms with Crippen molar-refractivity contribution >= 4 is 34.0 Å². The lowest BCUT2D eigenvalue weighted by molar-refractivity contribution is -0.120. The number of ether oxygens (including phenoxy) is 1. The van der Waals surface area contributed by atoms with Gasteiger partial charge in [-0.1, -0.05) is 30.0 Å².